The fourth-order valence-corrected chi connectivity index (χ4v) is 4.18. The van der Waals surface area contributed by atoms with Gasteiger partial charge < -0.3 is 14.6 Å². The third-order valence-electron chi connectivity index (χ3n) is 5.84. The largest absolute Gasteiger partial charge is 0.491 e. The molecular formula is C23H31N3O2. The second kappa shape index (κ2) is 7.61. The Kier molecular flexibility index (Phi) is 5.17. The van der Waals surface area contributed by atoms with Crippen molar-refractivity contribution in [3.8, 4) is 5.75 Å². The number of hydrogen-bond acceptors (Lipinski definition) is 3. The first-order chi connectivity index (χ1) is 13.4. The number of benzene rings is 1. The minimum absolute atomic E-state index is 0.0133. The summed E-state index contributed by atoms with van der Waals surface area (Å²) in [6, 6.07) is 8.00. The Morgan fingerprint density at radius 2 is 2.14 bits per heavy atom. The van der Waals surface area contributed by atoms with Gasteiger partial charge in [0.1, 0.15) is 23.9 Å². The summed E-state index contributed by atoms with van der Waals surface area (Å²) in [7, 11) is 0. The van der Waals surface area contributed by atoms with Crippen LogP contribution in [0.2, 0.25) is 0 Å². The maximum atomic E-state index is 12.7. The summed E-state index contributed by atoms with van der Waals surface area (Å²) in [4.78, 5) is 17.4. The van der Waals surface area contributed by atoms with Gasteiger partial charge in [-0.3, -0.25) is 4.79 Å². The molecule has 1 N–H and O–H groups in total. The van der Waals surface area contributed by atoms with E-state index in [0.29, 0.717) is 23.6 Å². The van der Waals surface area contributed by atoms with Crippen molar-refractivity contribution >= 4 is 5.91 Å². The number of nitrogens with zero attached hydrogens (tertiary/aromatic N) is 2. The van der Waals surface area contributed by atoms with Gasteiger partial charge in [-0.15, -0.1) is 0 Å². The molecule has 5 nitrogen and oxygen atoms in total. The number of carbonyl (C=O) groups is 1. The summed E-state index contributed by atoms with van der Waals surface area (Å²) in [5.74, 6) is 2.55. The van der Waals surface area contributed by atoms with Crippen molar-refractivity contribution in [1.29, 1.82) is 0 Å². The van der Waals surface area contributed by atoms with Gasteiger partial charge in [-0.25, -0.2) is 4.98 Å². The molecule has 0 bridgehead atoms. The van der Waals surface area contributed by atoms with E-state index in [1.54, 1.807) is 0 Å². The molecule has 2 aliphatic rings. The third kappa shape index (κ3) is 4.40. The van der Waals surface area contributed by atoms with Crippen molar-refractivity contribution < 1.29 is 9.53 Å². The van der Waals surface area contributed by atoms with Crippen LogP contribution in [0, 0.1) is 11.3 Å². The second-order valence-corrected chi connectivity index (χ2v) is 9.49. The van der Waals surface area contributed by atoms with E-state index in [-0.39, 0.29) is 11.9 Å². The molecule has 2 unspecified atom stereocenters. The van der Waals surface area contributed by atoms with Crippen LogP contribution in [0.3, 0.4) is 0 Å². The van der Waals surface area contributed by atoms with Crippen molar-refractivity contribution in [2.24, 2.45) is 11.3 Å². The number of imidazole rings is 1. The number of carbonyl (C=O) groups excluding carboxylic acids is 1. The SMILES string of the molecule is CC(C)(C)CCC1CCc2nc(C(=O)NC3COc4ccccc4C3)cn2C1. The van der Waals surface area contributed by atoms with Crippen LogP contribution in [0.1, 0.15) is 61.9 Å². The first-order valence-electron chi connectivity index (χ1n) is 10.4. The summed E-state index contributed by atoms with van der Waals surface area (Å²) in [6.45, 7) is 8.38. The first-order valence-corrected chi connectivity index (χ1v) is 10.4. The smallest absolute Gasteiger partial charge is 0.271 e. The minimum atomic E-state index is -0.0962. The molecule has 2 aliphatic heterocycles. The molecule has 0 aliphatic carbocycles. The highest BCUT2D eigenvalue weighted by atomic mass is 16.5. The molecule has 28 heavy (non-hydrogen) atoms. The standard InChI is InChI=1S/C23H31N3O2/c1-23(2,3)11-10-16-8-9-21-25-19(14-26(21)13-16)22(27)24-18-12-17-6-4-5-7-20(17)28-15-18/h4-7,14,16,18H,8-13,15H2,1-3H3,(H,24,27). The number of hydrogen-bond donors (Lipinski definition) is 1. The van der Waals surface area contributed by atoms with E-state index < -0.39 is 0 Å². The monoisotopic (exact) mass is 381 g/mol. The molecule has 3 heterocycles. The highest BCUT2D eigenvalue weighted by molar-refractivity contribution is 5.92. The van der Waals surface area contributed by atoms with Crippen molar-refractivity contribution in [3.63, 3.8) is 0 Å². The molecule has 0 radical (unpaired) electrons. The molecule has 4 rings (SSSR count). The normalized spacial score (nSPS) is 21.4. The van der Waals surface area contributed by atoms with E-state index in [1.165, 1.54) is 19.3 Å². The number of aromatic nitrogens is 2. The summed E-state index contributed by atoms with van der Waals surface area (Å²) >= 11 is 0. The van der Waals surface area contributed by atoms with Gasteiger partial charge in [-0.2, -0.15) is 0 Å². The molecule has 5 heteroatoms. The predicted molar refractivity (Wildman–Crippen MR) is 110 cm³/mol. The van der Waals surface area contributed by atoms with Crippen LogP contribution < -0.4 is 10.1 Å². The maximum absolute atomic E-state index is 12.7. The van der Waals surface area contributed by atoms with Crippen LogP contribution in [-0.4, -0.2) is 28.1 Å². The first kappa shape index (κ1) is 19.0. The number of amides is 1. The lowest BCUT2D eigenvalue weighted by Crippen LogP contribution is -2.42. The third-order valence-corrected chi connectivity index (χ3v) is 5.84. The van der Waals surface area contributed by atoms with Crippen molar-refractivity contribution in [1.82, 2.24) is 14.9 Å². The van der Waals surface area contributed by atoms with Crippen LogP contribution in [0.25, 0.3) is 0 Å². The molecule has 1 aromatic heterocycles. The lowest BCUT2D eigenvalue weighted by atomic mass is 9.84. The van der Waals surface area contributed by atoms with E-state index in [1.807, 2.05) is 24.4 Å². The van der Waals surface area contributed by atoms with Gasteiger partial charge in [-0.1, -0.05) is 39.0 Å². The number of nitrogens with one attached hydrogen (secondary N) is 1. The lowest BCUT2D eigenvalue weighted by Gasteiger charge is -2.27. The Bertz CT molecular complexity index is 850. The zero-order valence-electron chi connectivity index (χ0n) is 17.2. The minimum Gasteiger partial charge on any atom is -0.491 e. The van der Waals surface area contributed by atoms with Crippen LogP contribution in [-0.2, 0) is 19.4 Å². The summed E-state index contributed by atoms with van der Waals surface area (Å²) in [5.41, 5.74) is 2.05. The molecule has 1 amide bonds. The zero-order chi connectivity index (χ0) is 19.7. The van der Waals surface area contributed by atoms with E-state index in [0.717, 1.165) is 36.5 Å². The molecule has 0 saturated heterocycles. The predicted octanol–water partition coefficient (Wildman–Crippen LogP) is 4.01. The van der Waals surface area contributed by atoms with Gasteiger partial charge in [0.2, 0.25) is 0 Å². The maximum Gasteiger partial charge on any atom is 0.271 e. The second-order valence-electron chi connectivity index (χ2n) is 9.49. The van der Waals surface area contributed by atoms with E-state index in [9.17, 15) is 4.79 Å². The van der Waals surface area contributed by atoms with Gasteiger partial charge in [0.25, 0.3) is 5.91 Å². The fraction of sp³-hybridized carbons (Fsp3) is 0.565. The highest BCUT2D eigenvalue weighted by Crippen LogP contribution is 2.29. The Morgan fingerprint density at radius 1 is 1.32 bits per heavy atom. The van der Waals surface area contributed by atoms with Crippen LogP contribution in [0.15, 0.2) is 30.5 Å². The average Bonchev–Trinajstić information content (AvgIpc) is 3.09. The summed E-state index contributed by atoms with van der Waals surface area (Å²) in [6.07, 6.45) is 7.33. The molecule has 150 valence electrons. The van der Waals surface area contributed by atoms with Gasteiger partial charge in [0.05, 0.1) is 6.04 Å². The van der Waals surface area contributed by atoms with E-state index >= 15 is 0 Å². The van der Waals surface area contributed by atoms with Crippen LogP contribution in [0.5, 0.6) is 5.75 Å². The molecule has 2 atom stereocenters. The molecule has 1 aromatic carbocycles. The van der Waals surface area contributed by atoms with Crippen LogP contribution >= 0.6 is 0 Å². The quantitative estimate of drug-likeness (QED) is 0.871. The van der Waals surface area contributed by atoms with Crippen molar-refractivity contribution in [3.05, 3.63) is 47.5 Å². The van der Waals surface area contributed by atoms with Gasteiger partial charge >= 0.3 is 0 Å². The summed E-state index contributed by atoms with van der Waals surface area (Å²) in [5, 5.41) is 3.10. The molecule has 2 aromatic rings. The molecular weight excluding hydrogens is 350 g/mol. The Labute approximate surface area is 167 Å². The molecule has 0 spiro atoms. The van der Waals surface area contributed by atoms with Gasteiger partial charge in [-0.05, 0) is 48.6 Å². The Balaban J connectivity index is 1.36. The molecule has 0 saturated carbocycles. The average molecular weight is 382 g/mol. The zero-order valence-corrected chi connectivity index (χ0v) is 17.2. The Morgan fingerprint density at radius 3 is 2.96 bits per heavy atom. The summed E-state index contributed by atoms with van der Waals surface area (Å²) < 4.78 is 7.97. The Hall–Kier alpha value is -2.30. The van der Waals surface area contributed by atoms with Gasteiger partial charge in [0, 0.05) is 19.2 Å². The lowest BCUT2D eigenvalue weighted by molar-refractivity contribution is 0.0910. The van der Waals surface area contributed by atoms with Crippen molar-refractivity contribution in [2.45, 2.75) is 65.5 Å². The fourth-order valence-electron chi connectivity index (χ4n) is 4.18. The van der Waals surface area contributed by atoms with E-state index in [4.69, 9.17) is 4.74 Å². The number of aryl methyl sites for hydroxylation is 1. The van der Waals surface area contributed by atoms with Gasteiger partial charge in [0.15, 0.2) is 0 Å². The van der Waals surface area contributed by atoms with Crippen LogP contribution in [0.4, 0.5) is 0 Å². The number of rotatable bonds is 4. The van der Waals surface area contributed by atoms with Crippen molar-refractivity contribution in [2.75, 3.05) is 6.61 Å². The molecule has 0 fully saturated rings. The highest BCUT2D eigenvalue weighted by Gasteiger charge is 2.26. The number of fused-ring (bicyclic) bond motifs is 2. The number of para-hydroxylation sites is 1. The van der Waals surface area contributed by atoms with E-state index in [2.05, 4.69) is 41.7 Å². The topological polar surface area (TPSA) is 56.1 Å². The number of ether oxygens (including phenoxy) is 1.